The summed E-state index contributed by atoms with van der Waals surface area (Å²) in [7, 11) is 0. The molecule has 3 nitrogen and oxygen atoms in total. The van der Waals surface area contributed by atoms with Crippen LogP contribution < -0.4 is 0 Å². The van der Waals surface area contributed by atoms with Crippen molar-refractivity contribution in [3.8, 4) is 6.07 Å². The average molecular weight is 291 g/mol. The zero-order valence-electron chi connectivity index (χ0n) is 13.1. The summed E-state index contributed by atoms with van der Waals surface area (Å²) in [6.45, 7) is 3.86. The Bertz CT molecular complexity index is 643. The number of hydrogen-bond acceptors (Lipinski definition) is 3. The minimum atomic E-state index is -0.813. The largest absolute Gasteiger partial charge is 0.196 e. The molecule has 0 bridgehead atoms. The molecule has 0 amide bonds. The van der Waals surface area contributed by atoms with Crippen molar-refractivity contribution < 1.29 is 0 Å². The fourth-order valence-electron chi connectivity index (χ4n) is 2.31. The van der Waals surface area contributed by atoms with Crippen LogP contribution in [0.3, 0.4) is 0 Å². The van der Waals surface area contributed by atoms with Crippen LogP contribution in [0.5, 0.6) is 0 Å². The second kappa shape index (κ2) is 7.51. The Balaban J connectivity index is 2.01. The molecule has 0 heterocycles. The summed E-state index contributed by atoms with van der Waals surface area (Å²) in [5, 5.41) is 18.1. The van der Waals surface area contributed by atoms with Gasteiger partial charge in [-0.25, -0.2) is 0 Å². The van der Waals surface area contributed by atoms with Gasteiger partial charge in [0.25, 0.3) is 0 Å². The van der Waals surface area contributed by atoms with Crippen LogP contribution in [-0.4, -0.2) is 11.6 Å². The molecule has 2 aromatic carbocycles. The first-order valence-corrected chi connectivity index (χ1v) is 7.52. The zero-order chi connectivity index (χ0) is 15.8. The maximum atomic E-state index is 9.45. The molecule has 3 heteroatoms. The smallest absolute Gasteiger partial charge is 0.168 e. The van der Waals surface area contributed by atoms with Crippen LogP contribution in [0.25, 0.3) is 0 Å². The normalized spacial score (nSPS) is 15.1. The van der Waals surface area contributed by atoms with E-state index in [1.54, 1.807) is 0 Å². The van der Waals surface area contributed by atoms with Crippen molar-refractivity contribution >= 4 is 0 Å². The zero-order valence-corrected chi connectivity index (χ0v) is 13.1. The van der Waals surface area contributed by atoms with Crippen LogP contribution in [0.15, 0.2) is 70.9 Å². The second-order valence-electron chi connectivity index (χ2n) is 5.80. The SMILES string of the molecule is CC(Cc1ccccc1)/N=N/C(C)(C#N)Cc1ccccc1. The standard InChI is InChI=1S/C19H21N3/c1-16(13-17-9-5-3-6-10-17)21-22-19(2,15-20)14-18-11-7-4-8-12-18/h3-12,16H,13-14H2,1-2H3/b22-21+. The Kier molecular flexibility index (Phi) is 5.43. The molecular weight excluding hydrogens is 270 g/mol. The van der Waals surface area contributed by atoms with Crippen LogP contribution in [0.4, 0.5) is 0 Å². The summed E-state index contributed by atoms with van der Waals surface area (Å²) in [6.07, 6.45) is 1.41. The van der Waals surface area contributed by atoms with Gasteiger partial charge in [0.1, 0.15) is 0 Å². The lowest BCUT2D eigenvalue weighted by atomic mass is 9.95. The minimum Gasteiger partial charge on any atom is -0.196 e. The van der Waals surface area contributed by atoms with Gasteiger partial charge < -0.3 is 0 Å². The summed E-state index contributed by atoms with van der Waals surface area (Å²) < 4.78 is 0. The van der Waals surface area contributed by atoms with Crippen LogP contribution in [0, 0.1) is 11.3 Å². The third-order valence-corrected chi connectivity index (χ3v) is 3.48. The minimum absolute atomic E-state index is 0.0610. The number of benzene rings is 2. The lowest BCUT2D eigenvalue weighted by Gasteiger charge is -2.16. The van der Waals surface area contributed by atoms with E-state index in [9.17, 15) is 5.26 Å². The lowest BCUT2D eigenvalue weighted by Crippen LogP contribution is -2.23. The fourth-order valence-corrected chi connectivity index (χ4v) is 2.31. The monoisotopic (exact) mass is 291 g/mol. The van der Waals surface area contributed by atoms with Gasteiger partial charge in [0.2, 0.25) is 0 Å². The average Bonchev–Trinajstić information content (AvgIpc) is 2.55. The summed E-state index contributed by atoms with van der Waals surface area (Å²) in [5.74, 6) is 0. The van der Waals surface area contributed by atoms with Gasteiger partial charge in [-0.3, -0.25) is 0 Å². The van der Waals surface area contributed by atoms with Gasteiger partial charge in [-0.15, -0.1) is 0 Å². The van der Waals surface area contributed by atoms with Crippen molar-refractivity contribution in [2.45, 2.75) is 38.3 Å². The molecule has 0 spiro atoms. The summed E-state index contributed by atoms with van der Waals surface area (Å²) in [4.78, 5) is 0. The summed E-state index contributed by atoms with van der Waals surface area (Å²) in [5.41, 5.74) is 1.52. The molecule has 0 aliphatic carbocycles. The van der Waals surface area contributed by atoms with Gasteiger partial charge in [0.15, 0.2) is 5.54 Å². The Morgan fingerprint density at radius 1 is 1.00 bits per heavy atom. The maximum Gasteiger partial charge on any atom is 0.168 e. The first-order valence-electron chi connectivity index (χ1n) is 7.52. The molecule has 0 fully saturated rings. The van der Waals surface area contributed by atoms with Crippen molar-refractivity contribution in [1.29, 1.82) is 5.26 Å². The predicted octanol–water partition coefficient (Wildman–Crippen LogP) is 4.59. The van der Waals surface area contributed by atoms with Crippen molar-refractivity contribution in [2.24, 2.45) is 10.2 Å². The van der Waals surface area contributed by atoms with Gasteiger partial charge in [0, 0.05) is 6.42 Å². The number of rotatable bonds is 6. The maximum absolute atomic E-state index is 9.45. The van der Waals surface area contributed by atoms with Crippen molar-refractivity contribution in [3.63, 3.8) is 0 Å². The van der Waals surface area contributed by atoms with Crippen molar-refractivity contribution in [3.05, 3.63) is 71.8 Å². The van der Waals surface area contributed by atoms with E-state index in [0.29, 0.717) is 6.42 Å². The van der Waals surface area contributed by atoms with E-state index in [0.717, 1.165) is 12.0 Å². The molecule has 112 valence electrons. The number of hydrogen-bond donors (Lipinski definition) is 0. The number of nitrogens with zero attached hydrogens (tertiary/aromatic N) is 3. The Morgan fingerprint density at radius 3 is 2.09 bits per heavy atom. The number of azo groups is 1. The molecule has 0 aliphatic rings. The molecular formula is C19H21N3. The molecule has 0 aliphatic heterocycles. The molecule has 0 saturated carbocycles. The molecule has 0 aromatic heterocycles. The Morgan fingerprint density at radius 2 is 1.55 bits per heavy atom. The molecule has 0 radical (unpaired) electrons. The van der Waals surface area contributed by atoms with Crippen molar-refractivity contribution in [1.82, 2.24) is 0 Å². The van der Waals surface area contributed by atoms with E-state index >= 15 is 0 Å². The van der Waals surface area contributed by atoms with Crippen LogP contribution in [0.2, 0.25) is 0 Å². The topological polar surface area (TPSA) is 48.5 Å². The third-order valence-electron chi connectivity index (χ3n) is 3.48. The first-order chi connectivity index (χ1) is 10.6. The number of nitriles is 1. The molecule has 0 saturated heterocycles. The van der Waals surface area contributed by atoms with Gasteiger partial charge in [-0.2, -0.15) is 15.5 Å². The lowest BCUT2D eigenvalue weighted by molar-refractivity contribution is 0.529. The molecule has 2 unspecified atom stereocenters. The first kappa shape index (κ1) is 15.9. The van der Waals surface area contributed by atoms with Crippen LogP contribution in [0.1, 0.15) is 25.0 Å². The Hall–Kier alpha value is -2.47. The van der Waals surface area contributed by atoms with E-state index in [-0.39, 0.29) is 6.04 Å². The molecule has 0 N–H and O–H groups in total. The fraction of sp³-hybridized carbons (Fsp3) is 0.316. The molecule has 2 rings (SSSR count). The van der Waals surface area contributed by atoms with E-state index < -0.39 is 5.54 Å². The highest BCUT2D eigenvalue weighted by atomic mass is 15.2. The molecule has 2 atom stereocenters. The van der Waals surface area contributed by atoms with Crippen LogP contribution >= 0.6 is 0 Å². The second-order valence-corrected chi connectivity index (χ2v) is 5.80. The predicted molar refractivity (Wildman–Crippen MR) is 88.6 cm³/mol. The quantitative estimate of drug-likeness (QED) is 0.718. The molecule has 2 aromatic rings. The summed E-state index contributed by atoms with van der Waals surface area (Å²) in [6, 6.07) is 22.5. The Labute approximate surface area is 132 Å². The van der Waals surface area contributed by atoms with Gasteiger partial charge in [-0.1, -0.05) is 60.7 Å². The van der Waals surface area contributed by atoms with Gasteiger partial charge in [-0.05, 0) is 31.4 Å². The third kappa shape index (κ3) is 4.82. The van der Waals surface area contributed by atoms with E-state index in [2.05, 4.69) is 28.4 Å². The van der Waals surface area contributed by atoms with Crippen LogP contribution in [-0.2, 0) is 12.8 Å². The van der Waals surface area contributed by atoms with Gasteiger partial charge >= 0.3 is 0 Å². The van der Waals surface area contributed by atoms with E-state index in [1.807, 2.05) is 62.4 Å². The van der Waals surface area contributed by atoms with Gasteiger partial charge in [0.05, 0.1) is 12.1 Å². The van der Waals surface area contributed by atoms with E-state index in [4.69, 9.17) is 0 Å². The highest BCUT2D eigenvalue weighted by Crippen LogP contribution is 2.18. The highest BCUT2D eigenvalue weighted by molar-refractivity contribution is 5.21. The highest BCUT2D eigenvalue weighted by Gasteiger charge is 2.24. The van der Waals surface area contributed by atoms with E-state index in [1.165, 1.54) is 5.56 Å². The van der Waals surface area contributed by atoms with Crippen molar-refractivity contribution in [2.75, 3.05) is 0 Å². The summed E-state index contributed by atoms with van der Waals surface area (Å²) >= 11 is 0. The molecule has 22 heavy (non-hydrogen) atoms.